The van der Waals surface area contributed by atoms with Crippen LogP contribution in [0.2, 0.25) is 5.02 Å². The molecule has 14 nitrogen and oxygen atoms in total. The Hall–Kier alpha value is -4.32. The van der Waals surface area contributed by atoms with Crippen molar-refractivity contribution in [1.82, 2.24) is 29.4 Å². The smallest absolute Gasteiger partial charge is 0.418 e. The number of piperidine rings is 2. The SMILES string of the molecule is CC(C(=O)OCCN(C)C)N1CCC(N2CCN(C(=O)[C@@H](Cc3cc(Cl)c(N)c(C(F)(F)F)c3)OC(=O)N3CCC(N4CCc5ccccc5NC4=O)CC3)CC2)CC1. The molecule has 4 aliphatic heterocycles. The number of hydrogen-bond donors (Lipinski definition) is 2. The number of carbonyl (C=O) groups excluding carboxylic acids is 4. The molecule has 324 valence electrons. The average molecular weight is 849 g/mol. The molecule has 0 saturated carbocycles. The van der Waals surface area contributed by atoms with E-state index in [0.29, 0.717) is 65.1 Å². The lowest BCUT2D eigenvalue weighted by molar-refractivity contribution is -0.150. The number of nitrogens with two attached hydrogens (primary N) is 1. The topological polar surface area (TPSA) is 144 Å². The predicted molar refractivity (Wildman–Crippen MR) is 217 cm³/mol. The summed E-state index contributed by atoms with van der Waals surface area (Å²) in [5, 5.41) is 2.67. The normalized spacial score (nSPS) is 20.1. The summed E-state index contributed by atoms with van der Waals surface area (Å²) in [6.07, 6.45) is -3.97. The number of nitrogens with one attached hydrogen (secondary N) is 1. The summed E-state index contributed by atoms with van der Waals surface area (Å²) in [5.41, 5.74) is 5.82. The van der Waals surface area contributed by atoms with Crippen molar-refractivity contribution in [3.63, 3.8) is 0 Å². The molecule has 0 aromatic heterocycles. The number of piperazine rings is 1. The van der Waals surface area contributed by atoms with Crippen molar-refractivity contribution < 1.29 is 41.8 Å². The minimum absolute atomic E-state index is 0.0516. The molecular weight excluding hydrogens is 793 g/mol. The van der Waals surface area contributed by atoms with Crippen LogP contribution in [0, 0.1) is 0 Å². The molecule has 4 heterocycles. The minimum atomic E-state index is -4.79. The number of ether oxygens (including phenoxy) is 2. The maximum atomic E-state index is 14.2. The second-order valence-electron chi connectivity index (χ2n) is 16.1. The van der Waals surface area contributed by atoms with Gasteiger partial charge in [-0.1, -0.05) is 29.8 Å². The van der Waals surface area contributed by atoms with Gasteiger partial charge in [0.2, 0.25) is 0 Å². The van der Waals surface area contributed by atoms with Crippen LogP contribution in [0.25, 0.3) is 0 Å². The quantitative estimate of drug-likeness (QED) is 0.243. The molecule has 2 aromatic carbocycles. The highest BCUT2D eigenvalue weighted by Crippen LogP contribution is 2.38. The Morgan fingerprint density at radius 2 is 1.59 bits per heavy atom. The third-order valence-electron chi connectivity index (χ3n) is 12.1. The molecule has 0 aliphatic carbocycles. The third-order valence-corrected chi connectivity index (χ3v) is 12.4. The summed E-state index contributed by atoms with van der Waals surface area (Å²) < 4.78 is 53.1. The molecule has 0 spiro atoms. The van der Waals surface area contributed by atoms with E-state index >= 15 is 0 Å². The maximum Gasteiger partial charge on any atom is 0.418 e. The molecule has 2 aromatic rings. The minimum Gasteiger partial charge on any atom is -0.463 e. The first-order chi connectivity index (χ1) is 28.1. The molecule has 3 saturated heterocycles. The van der Waals surface area contributed by atoms with Crippen LogP contribution < -0.4 is 11.1 Å². The molecule has 0 radical (unpaired) electrons. The van der Waals surface area contributed by atoms with Gasteiger partial charge in [0.15, 0.2) is 6.10 Å². The summed E-state index contributed by atoms with van der Waals surface area (Å²) in [6, 6.07) is 9.37. The highest BCUT2D eigenvalue weighted by molar-refractivity contribution is 6.33. The number of nitrogens with zero attached hydrogens (tertiary/aromatic N) is 6. The lowest BCUT2D eigenvalue weighted by atomic mass is 10.00. The van der Waals surface area contributed by atoms with Gasteiger partial charge in [0, 0.05) is 89.6 Å². The first-order valence-electron chi connectivity index (χ1n) is 20.4. The van der Waals surface area contributed by atoms with E-state index in [2.05, 4.69) is 15.1 Å². The zero-order valence-corrected chi connectivity index (χ0v) is 34.8. The number of nitrogen functional groups attached to an aromatic ring is 1. The molecule has 1 unspecified atom stereocenters. The van der Waals surface area contributed by atoms with Crippen LogP contribution in [0.15, 0.2) is 36.4 Å². The van der Waals surface area contributed by atoms with E-state index in [1.54, 1.807) is 9.80 Å². The van der Waals surface area contributed by atoms with Crippen molar-refractivity contribution in [2.75, 3.05) is 97.2 Å². The van der Waals surface area contributed by atoms with Gasteiger partial charge in [0.25, 0.3) is 5.91 Å². The highest BCUT2D eigenvalue weighted by atomic mass is 35.5. The van der Waals surface area contributed by atoms with E-state index < -0.39 is 35.5 Å². The van der Waals surface area contributed by atoms with Gasteiger partial charge in [-0.25, -0.2) is 9.59 Å². The number of anilines is 2. The summed E-state index contributed by atoms with van der Waals surface area (Å²) in [7, 11) is 3.84. The van der Waals surface area contributed by atoms with Gasteiger partial charge in [-0.3, -0.25) is 19.4 Å². The van der Waals surface area contributed by atoms with Crippen LogP contribution in [-0.2, 0) is 38.1 Å². The zero-order chi connectivity index (χ0) is 42.4. The molecule has 18 heteroatoms. The van der Waals surface area contributed by atoms with Crippen molar-refractivity contribution in [3.8, 4) is 0 Å². The predicted octanol–water partition coefficient (Wildman–Crippen LogP) is 4.65. The number of alkyl halides is 3. The molecule has 0 bridgehead atoms. The fourth-order valence-electron chi connectivity index (χ4n) is 8.46. The number of urea groups is 1. The molecule has 59 heavy (non-hydrogen) atoms. The summed E-state index contributed by atoms with van der Waals surface area (Å²) in [5.74, 6) is -0.742. The monoisotopic (exact) mass is 848 g/mol. The van der Waals surface area contributed by atoms with Gasteiger partial charge >= 0.3 is 24.3 Å². The fourth-order valence-corrected chi connectivity index (χ4v) is 8.70. The van der Waals surface area contributed by atoms with Crippen molar-refractivity contribution in [1.29, 1.82) is 0 Å². The van der Waals surface area contributed by atoms with Gasteiger partial charge in [0.05, 0.1) is 16.3 Å². The summed E-state index contributed by atoms with van der Waals surface area (Å²) >= 11 is 6.15. The lowest BCUT2D eigenvalue weighted by Gasteiger charge is -2.44. The second-order valence-corrected chi connectivity index (χ2v) is 16.5. The Morgan fingerprint density at radius 1 is 0.932 bits per heavy atom. The van der Waals surface area contributed by atoms with Crippen LogP contribution in [-0.4, -0.2) is 164 Å². The lowest BCUT2D eigenvalue weighted by Crippen LogP contribution is -2.57. The number of benzene rings is 2. The number of halogens is 4. The average Bonchev–Trinajstić information content (AvgIpc) is 3.38. The number of likely N-dealkylation sites (N-methyl/N-ethyl adjacent to an activating group) is 1. The number of rotatable bonds is 11. The van der Waals surface area contributed by atoms with Crippen molar-refractivity contribution in [2.45, 2.75) is 75.9 Å². The van der Waals surface area contributed by atoms with Crippen LogP contribution in [0.3, 0.4) is 0 Å². The third kappa shape index (κ3) is 11.1. The molecule has 4 aliphatic rings. The second kappa shape index (κ2) is 19.4. The van der Waals surface area contributed by atoms with E-state index in [1.165, 1.54) is 11.0 Å². The largest absolute Gasteiger partial charge is 0.463 e. The van der Waals surface area contributed by atoms with Crippen molar-refractivity contribution in [3.05, 3.63) is 58.1 Å². The fraction of sp³-hybridized carbons (Fsp3) is 0.610. The van der Waals surface area contributed by atoms with Gasteiger partial charge < -0.3 is 40.1 Å². The Morgan fingerprint density at radius 3 is 2.25 bits per heavy atom. The van der Waals surface area contributed by atoms with E-state index in [-0.39, 0.29) is 60.2 Å². The Kier molecular flexibility index (Phi) is 14.5. The van der Waals surface area contributed by atoms with Gasteiger partial charge in [0.1, 0.15) is 12.6 Å². The summed E-state index contributed by atoms with van der Waals surface area (Å²) in [4.78, 5) is 64.9. The maximum absolute atomic E-state index is 14.2. The van der Waals surface area contributed by atoms with Crippen LogP contribution in [0.4, 0.5) is 34.1 Å². The van der Waals surface area contributed by atoms with Crippen LogP contribution in [0.5, 0.6) is 0 Å². The first-order valence-corrected chi connectivity index (χ1v) is 20.8. The number of amides is 4. The van der Waals surface area contributed by atoms with Crippen molar-refractivity contribution >= 4 is 47.0 Å². The van der Waals surface area contributed by atoms with Crippen molar-refractivity contribution in [2.24, 2.45) is 0 Å². The number of esters is 1. The number of carbonyl (C=O) groups is 4. The van der Waals surface area contributed by atoms with Crippen LogP contribution in [0.1, 0.15) is 49.3 Å². The Labute approximate surface area is 348 Å². The molecule has 4 amide bonds. The van der Waals surface area contributed by atoms with E-state index in [4.69, 9.17) is 26.8 Å². The Bertz CT molecular complexity index is 1810. The van der Waals surface area contributed by atoms with E-state index in [9.17, 15) is 32.3 Å². The number of para-hydroxylation sites is 1. The van der Waals surface area contributed by atoms with E-state index in [0.717, 1.165) is 43.2 Å². The van der Waals surface area contributed by atoms with Crippen LogP contribution >= 0.6 is 11.6 Å². The highest BCUT2D eigenvalue weighted by Gasteiger charge is 2.39. The molecule has 6 rings (SSSR count). The molecule has 3 N–H and O–H groups in total. The summed E-state index contributed by atoms with van der Waals surface area (Å²) in [6.45, 7) is 7.18. The molecule has 2 atom stereocenters. The zero-order valence-electron chi connectivity index (χ0n) is 34.0. The van der Waals surface area contributed by atoms with Gasteiger partial charge in [-0.05, 0) is 82.4 Å². The Balaban J connectivity index is 1.06. The van der Waals surface area contributed by atoms with Gasteiger partial charge in [-0.15, -0.1) is 0 Å². The molecular formula is C41H56ClF3N8O6. The number of hydrogen-bond acceptors (Lipinski definition) is 10. The van der Waals surface area contributed by atoms with E-state index in [1.807, 2.05) is 50.2 Å². The first kappa shape index (κ1) is 44.2. The molecule has 3 fully saturated rings. The number of fused-ring (bicyclic) bond motifs is 1. The number of likely N-dealkylation sites (tertiary alicyclic amines) is 2. The standard InChI is InChI=1S/C41H56ClF3N8O6/c1-27(38(55)58-23-22-48(2)3)49-13-9-30(10-14-49)50-18-20-51(21-19-50)37(54)35(26-28-24-32(41(43,44)45)36(46)33(42)25-28)59-40(57)52-15-11-31(12-16-52)53-17-8-29-6-4-5-7-34(29)47-39(53)56/h4-7,24-25,27,30-31,35H,8-23,26,46H2,1-3H3,(H,47,56)/t27?,35-/m1/s1. The van der Waals surface area contributed by atoms with Gasteiger partial charge in [-0.2, -0.15) is 13.2 Å².